The summed E-state index contributed by atoms with van der Waals surface area (Å²) in [5, 5.41) is 18.9. The number of Topliss-reactive ketones (excluding diaryl/α,β-unsaturated/α-hetero) is 1. The van der Waals surface area contributed by atoms with E-state index in [-0.39, 0.29) is 0 Å². The van der Waals surface area contributed by atoms with Crippen molar-refractivity contribution in [3.05, 3.63) is 11.6 Å². The average Bonchev–Trinajstić information content (AvgIpc) is 2.26. The third kappa shape index (κ3) is 4.06. The molecule has 0 aromatic rings. The van der Waals surface area contributed by atoms with Gasteiger partial charge >= 0.3 is 0 Å². The molecule has 0 saturated heterocycles. The number of carbonyl (C=O) groups excluding carboxylic acids is 2. The van der Waals surface area contributed by atoms with Crippen LogP contribution in [0.25, 0.3) is 0 Å². The lowest BCUT2D eigenvalue weighted by atomic mass is 9.79. The highest BCUT2D eigenvalue weighted by Crippen LogP contribution is 2.25. The summed E-state index contributed by atoms with van der Waals surface area (Å²) >= 11 is 0. The van der Waals surface area contributed by atoms with Crippen LogP contribution in [0.4, 0.5) is 0 Å². The zero-order valence-electron chi connectivity index (χ0n) is 11.2. The first-order chi connectivity index (χ1) is 7.64. The van der Waals surface area contributed by atoms with Crippen LogP contribution in [0.15, 0.2) is 11.6 Å². The second-order valence-corrected chi connectivity index (χ2v) is 4.90. The van der Waals surface area contributed by atoms with Crippen LogP contribution >= 0.6 is 0 Å². The van der Waals surface area contributed by atoms with Crippen molar-refractivity contribution in [2.45, 2.75) is 53.2 Å². The number of ketones is 2. The van der Waals surface area contributed by atoms with Crippen molar-refractivity contribution in [3.8, 4) is 0 Å². The van der Waals surface area contributed by atoms with Gasteiger partial charge in [0.15, 0.2) is 0 Å². The summed E-state index contributed by atoms with van der Waals surface area (Å²) in [4.78, 5) is 23.6. The van der Waals surface area contributed by atoms with Crippen LogP contribution in [0.1, 0.15) is 41.0 Å². The summed E-state index contributed by atoms with van der Waals surface area (Å²) in [6, 6.07) is 0. The molecule has 2 N–H and O–H groups in total. The Morgan fingerprint density at radius 2 is 1.76 bits per heavy atom. The number of aliphatic hydroxyl groups is 2. The Morgan fingerprint density at radius 1 is 1.29 bits per heavy atom. The molecule has 98 valence electrons. The van der Waals surface area contributed by atoms with E-state index >= 15 is 0 Å². The lowest BCUT2D eigenvalue weighted by molar-refractivity contribution is -0.143. The Hall–Kier alpha value is -1.00. The number of aliphatic hydroxyl groups excluding tert-OH is 2. The van der Waals surface area contributed by atoms with Crippen LogP contribution in [0.2, 0.25) is 0 Å². The highest BCUT2D eigenvalue weighted by atomic mass is 16.3. The van der Waals surface area contributed by atoms with Crippen LogP contribution in [0.5, 0.6) is 0 Å². The zero-order chi connectivity index (χ0) is 13.8. The van der Waals surface area contributed by atoms with E-state index in [2.05, 4.69) is 0 Å². The topological polar surface area (TPSA) is 74.6 Å². The van der Waals surface area contributed by atoms with Gasteiger partial charge in [-0.1, -0.05) is 6.92 Å². The molecule has 0 rings (SSSR count). The van der Waals surface area contributed by atoms with Crippen LogP contribution in [-0.2, 0) is 9.59 Å². The van der Waals surface area contributed by atoms with Gasteiger partial charge in [-0.2, -0.15) is 0 Å². The van der Waals surface area contributed by atoms with Crippen molar-refractivity contribution in [2.75, 3.05) is 0 Å². The van der Waals surface area contributed by atoms with Crippen molar-refractivity contribution >= 4 is 11.6 Å². The lowest BCUT2D eigenvalue weighted by Gasteiger charge is -2.27. The highest BCUT2D eigenvalue weighted by Gasteiger charge is 2.37. The molecular formula is C13H22O4. The molecule has 0 radical (unpaired) electrons. The standard InChI is InChI=1S/C13H22O4/c1-6-11(16)13(4,5)12(17)10(15)7-8(2)9(3)14/h7,9,11,14,16H,6H2,1-5H3/b8-7+/t9-,11-/m0/s1. The summed E-state index contributed by atoms with van der Waals surface area (Å²) in [5.74, 6) is -1.31. The average molecular weight is 242 g/mol. The van der Waals surface area contributed by atoms with E-state index in [9.17, 15) is 19.8 Å². The van der Waals surface area contributed by atoms with E-state index in [0.717, 1.165) is 6.08 Å². The van der Waals surface area contributed by atoms with E-state index in [1.807, 2.05) is 0 Å². The molecule has 2 atom stereocenters. The molecule has 17 heavy (non-hydrogen) atoms. The number of allylic oxidation sites excluding steroid dienone is 1. The minimum Gasteiger partial charge on any atom is -0.392 e. The molecule has 0 bridgehead atoms. The van der Waals surface area contributed by atoms with Gasteiger partial charge in [0.1, 0.15) is 0 Å². The van der Waals surface area contributed by atoms with Gasteiger partial charge in [0.25, 0.3) is 0 Å². The molecule has 0 fully saturated rings. The molecule has 0 aromatic carbocycles. The first kappa shape index (κ1) is 16.0. The summed E-state index contributed by atoms with van der Waals surface area (Å²) < 4.78 is 0. The third-order valence-electron chi connectivity index (χ3n) is 3.05. The van der Waals surface area contributed by atoms with E-state index in [1.54, 1.807) is 27.7 Å². The van der Waals surface area contributed by atoms with Gasteiger partial charge in [0, 0.05) is 0 Å². The normalized spacial score (nSPS) is 16.5. The second-order valence-electron chi connectivity index (χ2n) is 4.90. The molecule has 0 unspecified atom stereocenters. The molecule has 4 nitrogen and oxygen atoms in total. The molecule has 0 heterocycles. The maximum Gasteiger partial charge on any atom is 0.222 e. The SMILES string of the molecule is CC[C@H](O)C(C)(C)C(=O)C(=O)/C=C(\C)[C@H](C)O. The van der Waals surface area contributed by atoms with Gasteiger partial charge in [0.2, 0.25) is 11.6 Å². The van der Waals surface area contributed by atoms with Crippen molar-refractivity contribution in [2.24, 2.45) is 5.41 Å². The number of rotatable bonds is 6. The molecule has 0 aliphatic rings. The first-order valence-electron chi connectivity index (χ1n) is 5.77. The Balaban J connectivity index is 4.96. The van der Waals surface area contributed by atoms with Gasteiger partial charge in [0.05, 0.1) is 17.6 Å². The lowest BCUT2D eigenvalue weighted by Crippen LogP contribution is -2.40. The molecule has 4 heteroatoms. The highest BCUT2D eigenvalue weighted by molar-refractivity contribution is 6.43. The zero-order valence-corrected chi connectivity index (χ0v) is 11.2. The number of carbonyl (C=O) groups is 2. The Bertz CT molecular complexity index is 326. The second kappa shape index (κ2) is 6.07. The van der Waals surface area contributed by atoms with Crippen LogP contribution in [0.3, 0.4) is 0 Å². The summed E-state index contributed by atoms with van der Waals surface area (Å²) in [6.45, 7) is 7.95. The fourth-order valence-corrected chi connectivity index (χ4v) is 1.37. The van der Waals surface area contributed by atoms with Crippen molar-refractivity contribution < 1.29 is 19.8 Å². The quantitative estimate of drug-likeness (QED) is 0.543. The van der Waals surface area contributed by atoms with E-state index in [0.29, 0.717) is 12.0 Å². The molecular weight excluding hydrogens is 220 g/mol. The van der Waals surface area contributed by atoms with Crippen LogP contribution < -0.4 is 0 Å². The Labute approximate surface area is 102 Å². The molecule has 0 aliphatic carbocycles. The monoisotopic (exact) mass is 242 g/mol. The minimum absolute atomic E-state index is 0.408. The summed E-state index contributed by atoms with van der Waals surface area (Å²) in [6.07, 6.45) is -0.0624. The summed E-state index contributed by atoms with van der Waals surface area (Å²) in [7, 11) is 0. The van der Waals surface area contributed by atoms with Gasteiger partial charge in [-0.3, -0.25) is 9.59 Å². The number of hydrogen-bond acceptors (Lipinski definition) is 4. The predicted molar refractivity (Wildman–Crippen MR) is 65.5 cm³/mol. The molecule has 0 aromatic heterocycles. The molecule has 0 saturated carbocycles. The van der Waals surface area contributed by atoms with Gasteiger partial charge in [-0.05, 0) is 45.8 Å². The van der Waals surface area contributed by atoms with Crippen molar-refractivity contribution in [1.29, 1.82) is 0 Å². The fourth-order valence-electron chi connectivity index (χ4n) is 1.37. The van der Waals surface area contributed by atoms with Crippen LogP contribution in [-0.4, -0.2) is 34.0 Å². The van der Waals surface area contributed by atoms with Gasteiger partial charge in [-0.15, -0.1) is 0 Å². The van der Waals surface area contributed by atoms with E-state index in [1.165, 1.54) is 6.92 Å². The van der Waals surface area contributed by atoms with Gasteiger partial charge < -0.3 is 10.2 Å². The fraction of sp³-hybridized carbons (Fsp3) is 0.692. The maximum absolute atomic E-state index is 11.9. The van der Waals surface area contributed by atoms with Crippen LogP contribution in [0, 0.1) is 5.41 Å². The molecule has 0 spiro atoms. The Kier molecular flexibility index (Phi) is 5.72. The van der Waals surface area contributed by atoms with Crippen molar-refractivity contribution in [3.63, 3.8) is 0 Å². The number of hydrogen-bond donors (Lipinski definition) is 2. The molecule has 0 aliphatic heterocycles. The Morgan fingerprint density at radius 3 is 2.12 bits per heavy atom. The minimum atomic E-state index is -1.10. The first-order valence-corrected chi connectivity index (χ1v) is 5.77. The largest absolute Gasteiger partial charge is 0.392 e. The smallest absolute Gasteiger partial charge is 0.222 e. The van der Waals surface area contributed by atoms with E-state index < -0.39 is 29.2 Å². The molecule has 0 amide bonds. The van der Waals surface area contributed by atoms with Crippen molar-refractivity contribution in [1.82, 2.24) is 0 Å². The third-order valence-corrected chi connectivity index (χ3v) is 3.05. The summed E-state index contributed by atoms with van der Waals surface area (Å²) in [5.41, 5.74) is -0.661. The van der Waals surface area contributed by atoms with E-state index in [4.69, 9.17) is 0 Å². The van der Waals surface area contributed by atoms with Gasteiger partial charge in [-0.25, -0.2) is 0 Å². The predicted octanol–water partition coefficient (Wildman–Crippen LogP) is 1.25. The maximum atomic E-state index is 11.9.